The second-order valence-electron chi connectivity index (χ2n) is 7.31. The van der Waals surface area contributed by atoms with Crippen molar-refractivity contribution in [3.63, 3.8) is 0 Å². The van der Waals surface area contributed by atoms with Crippen molar-refractivity contribution >= 4 is 71.9 Å². The lowest BCUT2D eigenvalue weighted by Crippen LogP contribution is -2.16. The van der Waals surface area contributed by atoms with Crippen LogP contribution >= 0.6 is 36.7 Å². The van der Waals surface area contributed by atoms with E-state index in [1.807, 2.05) is 36.5 Å². The zero-order valence-corrected chi connectivity index (χ0v) is 20.5. The van der Waals surface area contributed by atoms with E-state index in [9.17, 15) is 0 Å². The zero-order chi connectivity index (χ0) is 21.5. The molecule has 6 rings (SSSR count). The molecule has 0 aliphatic carbocycles. The van der Waals surface area contributed by atoms with Crippen LogP contribution in [0.4, 0.5) is 0 Å². The van der Waals surface area contributed by atoms with Gasteiger partial charge in [0.15, 0.2) is 9.68 Å². The minimum Gasteiger partial charge on any atom is -0.273 e. The first-order valence-electron chi connectivity index (χ1n) is 10.1. The Morgan fingerprint density at radius 1 is 0.719 bits per heavy atom. The van der Waals surface area contributed by atoms with Gasteiger partial charge in [-0.05, 0) is 51.1 Å². The number of amidine groups is 1. The van der Waals surface area contributed by atoms with Crippen molar-refractivity contribution in [2.24, 2.45) is 9.98 Å². The van der Waals surface area contributed by atoms with Crippen molar-refractivity contribution in [1.29, 1.82) is 0 Å². The average Bonchev–Trinajstić information content (AvgIpc) is 3.18. The van der Waals surface area contributed by atoms with Crippen molar-refractivity contribution in [2.45, 2.75) is 0 Å². The summed E-state index contributed by atoms with van der Waals surface area (Å²) in [4.78, 5) is 14.9. The molecule has 3 heterocycles. The molecule has 4 nitrogen and oxygen atoms in total. The van der Waals surface area contributed by atoms with Gasteiger partial charge >= 0.3 is 0 Å². The Balaban J connectivity index is 1.65. The number of hydrogen-bond donors (Lipinski definition) is 0. The molecule has 0 atom stereocenters. The third kappa shape index (κ3) is 3.43. The quantitative estimate of drug-likeness (QED) is 0.209. The van der Waals surface area contributed by atoms with Gasteiger partial charge in [0.2, 0.25) is 0 Å². The van der Waals surface area contributed by atoms with Gasteiger partial charge in [-0.25, -0.2) is 15.0 Å². The Morgan fingerprint density at radius 2 is 1.47 bits per heavy atom. The first-order chi connectivity index (χ1) is 15.8. The predicted octanol–water partition coefficient (Wildman–Crippen LogP) is 6.77. The molecule has 1 aliphatic heterocycles. The van der Waals surface area contributed by atoms with Crippen molar-refractivity contribution in [2.75, 3.05) is 0 Å². The summed E-state index contributed by atoms with van der Waals surface area (Å²) in [5.74, 6) is 0.744. The lowest BCUT2D eigenvalue weighted by atomic mass is 10.2. The molecule has 6 heteroatoms. The van der Waals surface area contributed by atoms with E-state index in [0.29, 0.717) is 0 Å². The van der Waals surface area contributed by atoms with Crippen LogP contribution in [0.3, 0.4) is 0 Å². The molecular weight excluding hydrogens is 575 g/mol. The summed E-state index contributed by atoms with van der Waals surface area (Å²) in [5.41, 5.74) is 4.21. The molecule has 32 heavy (non-hydrogen) atoms. The van der Waals surface area contributed by atoms with Gasteiger partial charge in [0.05, 0.1) is 5.52 Å². The third-order valence-electron chi connectivity index (χ3n) is 5.29. The number of aliphatic imine (C=N–C) groups is 2. The first-order valence-corrected chi connectivity index (χ1v) is 13.1. The summed E-state index contributed by atoms with van der Waals surface area (Å²) < 4.78 is 5.41. The minimum absolute atomic E-state index is 0.635. The van der Waals surface area contributed by atoms with Crippen LogP contribution in [-0.2, 0) is 0 Å². The maximum atomic E-state index is 5.10. The van der Waals surface area contributed by atoms with Gasteiger partial charge in [-0.3, -0.25) is 4.57 Å². The maximum Gasteiger partial charge on any atom is 0.176 e. The lowest BCUT2D eigenvalue weighted by Gasteiger charge is -2.14. The molecule has 0 unspecified atom stereocenters. The predicted molar refractivity (Wildman–Crippen MR) is 145 cm³/mol. The van der Waals surface area contributed by atoms with Gasteiger partial charge < -0.3 is 0 Å². The van der Waals surface area contributed by atoms with E-state index >= 15 is 0 Å². The van der Waals surface area contributed by atoms with Crippen LogP contribution in [0.5, 0.6) is 0 Å². The molecule has 0 fully saturated rings. The topological polar surface area (TPSA) is 42.5 Å². The van der Waals surface area contributed by atoms with E-state index in [2.05, 4.69) is 81.2 Å². The van der Waals surface area contributed by atoms with Gasteiger partial charge in [0, 0.05) is 32.6 Å². The molecule has 0 N–H and O–H groups in total. The highest BCUT2D eigenvalue weighted by Crippen LogP contribution is 2.33. The number of pyridine rings is 1. The number of nitrogens with zero attached hydrogens (tertiary/aromatic N) is 4. The Hall–Kier alpha value is -2.97. The molecule has 3 aromatic carbocycles. The van der Waals surface area contributed by atoms with E-state index in [-0.39, 0.29) is 0 Å². The lowest BCUT2D eigenvalue weighted by molar-refractivity contribution is 1.23. The van der Waals surface area contributed by atoms with Crippen LogP contribution < -0.4 is 0 Å². The number of halogens is 2. The van der Waals surface area contributed by atoms with Crippen molar-refractivity contribution in [1.82, 2.24) is 9.55 Å². The molecule has 0 amide bonds. The highest BCUT2D eigenvalue weighted by molar-refractivity contribution is 14.2. The molecule has 0 radical (unpaired) electrons. The van der Waals surface area contributed by atoms with Gasteiger partial charge in [-0.1, -0.05) is 76.6 Å². The molecule has 0 spiro atoms. The molecule has 154 valence electrons. The number of aromatic nitrogens is 2. The van der Waals surface area contributed by atoms with Crippen LogP contribution in [0.2, 0.25) is 0 Å². The highest BCUT2D eigenvalue weighted by atomic mass is 127. The average molecular weight is 591 g/mol. The first kappa shape index (κ1) is 19.7. The highest BCUT2D eigenvalue weighted by Gasteiger charge is 2.20. The summed E-state index contributed by atoms with van der Waals surface area (Å²) in [6.07, 6.45) is 1.85. The van der Waals surface area contributed by atoms with E-state index in [1.165, 1.54) is 5.39 Å². The van der Waals surface area contributed by atoms with Gasteiger partial charge in [-0.15, -0.1) is 0 Å². The molecule has 0 saturated carbocycles. The summed E-state index contributed by atoms with van der Waals surface area (Å²) in [6.45, 7) is 0. The van der Waals surface area contributed by atoms with Crippen molar-refractivity contribution in [3.05, 3.63) is 113 Å². The van der Waals surface area contributed by atoms with E-state index in [4.69, 9.17) is 15.0 Å². The Kier molecular flexibility index (Phi) is 5.04. The standard InChI is InChI=1S/C26H16BrIN4/c27-19-13-14-22-21(16-19)20-12-7-15-29-25(20)32(22)26-28-23(17-8-3-1-4-9-17)30-24(31-26)18-10-5-2-6-11-18/h1-16H. The Labute approximate surface area is 203 Å². The molecule has 1 aliphatic rings. The SMILES string of the molecule is Brc1ccc2c(c1)c1cccnc1n2C1=NC(c2ccccc2)=NC(c2ccccc2)=I1. The molecule has 5 aromatic rings. The molecular formula is C26H16BrIN4. The van der Waals surface area contributed by atoms with E-state index < -0.39 is 20.7 Å². The summed E-state index contributed by atoms with van der Waals surface area (Å²) in [5, 5.41) is 2.29. The van der Waals surface area contributed by atoms with Gasteiger partial charge in [0.1, 0.15) is 9.28 Å². The third-order valence-corrected chi connectivity index (χ3v) is 8.37. The van der Waals surface area contributed by atoms with E-state index in [0.717, 1.165) is 45.5 Å². The van der Waals surface area contributed by atoms with Gasteiger partial charge in [-0.2, -0.15) is 0 Å². The zero-order valence-electron chi connectivity index (χ0n) is 16.8. The fourth-order valence-corrected chi connectivity index (χ4v) is 6.75. The second-order valence-corrected chi connectivity index (χ2v) is 10.7. The summed E-state index contributed by atoms with van der Waals surface area (Å²) in [6, 6.07) is 31.1. The normalized spacial score (nSPS) is 14.0. The van der Waals surface area contributed by atoms with Crippen LogP contribution in [0.25, 0.3) is 21.9 Å². The van der Waals surface area contributed by atoms with E-state index in [1.54, 1.807) is 0 Å². The van der Waals surface area contributed by atoms with Crippen LogP contribution in [0.15, 0.2) is 112 Å². The fourth-order valence-electron chi connectivity index (χ4n) is 3.84. The summed E-state index contributed by atoms with van der Waals surface area (Å²) >= 11 is 2.99. The number of rotatable bonds is 2. The minimum atomic E-state index is -0.635. The Morgan fingerprint density at radius 3 is 2.25 bits per heavy atom. The number of hydrogen-bond acceptors (Lipinski definition) is 3. The second kappa shape index (κ2) is 8.18. The van der Waals surface area contributed by atoms with Crippen LogP contribution in [0, 0.1) is 0 Å². The molecule has 0 saturated heterocycles. The summed E-state index contributed by atoms with van der Waals surface area (Å²) in [7, 11) is 0. The maximum absolute atomic E-state index is 5.10. The van der Waals surface area contributed by atoms with Crippen LogP contribution in [-0.4, -0.2) is 22.9 Å². The van der Waals surface area contributed by atoms with Crippen molar-refractivity contribution < 1.29 is 0 Å². The number of fused-ring (bicyclic) bond motifs is 3. The molecule has 2 aromatic heterocycles. The van der Waals surface area contributed by atoms with Gasteiger partial charge in [0.25, 0.3) is 0 Å². The van der Waals surface area contributed by atoms with Crippen LogP contribution in [0.1, 0.15) is 11.1 Å². The largest absolute Gasteiger partial charge is 0.273 e. The Bertz CT molecular complexity index is 1530. The monoisotopic (exact) mass is 590 g/mol. The molecule has 0 bridgehead atoms. The van der Waals surface area contributed by atoms with Crippen molar-refractivity contribution in [3.8, 4) is 0 Å². The number of benzene rings is 3. The smallest absolute Gasteiger partial charge is 0.176 e. The fraction of sp³-hybridized carbons (Fsp3) is 0.